The zero-order valence-electron chi connectivity index (χ0n) is 17.3. The Morgan fingerprint density at radius 1 is 0.824 bits per heavy atom. The lowest BCUT2D eigenvalue weighted by Gasteiger charge is -2.30. The van der Waals surface area contributed by atoms with E-state index in [9.17, 15) is 50.4 Å². The molecule has 0 spiro atoms. The van der Waals surface area contributed by atoms with Crippen LogP contribution in [0.3, 0.4) is 0 Å². The first kappa shape index (κ1) is 25.5. The molecule has 2 aromatic carbocycles. The first-order valence-electron chi connectivity index (χ1n) is 9.57. The molecule has 0 saturated carbocycles. The van der Waals surface area contributed by atoms with Gasteiger partial charge in [0.05, 0.1) is 31.8 Å². The molecule has 0 unspecified atom stereocenters. The van der Waals surface area contributed by atoms with Gasteiger partial charge in [-0.3, -0.25) is 40.5 Å². The SMILES string of the molecule is NCCCC[C@@H](C(=O)O)N(c1ccc([N+](=O)[O-])cc1[N+](=O)[O-])c1ccc([N+](=O)[O-])cc1[N+](=O)[O-]. The minimum atomic E-state index is -1.60. The Hall–Kier alpha value is -4.73. The van der Waals surface area contributed by atoms with Gasteiger partial charge in [0, 0.05) is 12.1 Å². The van der Waals surface area contributed by atoms with Gasteiger partial charge in [-0.1, -0.05) is 0 Å². The molecule has 0 bridgehead atoms. The summed E-state index contributed by atoms with van der Waals surface area (Å²) in [6, 6.07) is 3.15. The first-order chi connectivity index (χ1) is 16.0. The summed E-state index contributed by atoms with van der Waals surface area (Å²) >= 11 is 0. The monoisotopic (exact) mass is 478 g/mol. The third kappa shape index (κ3) is 5.54. The number of carboxylic acids is 1. The van der Waals surface area contributed by atoms with Crippen LogP contribution in [0, 0.1) is 40.5 Å². The Balaban J connectivity index is 2.88. The van der Waals surface area contributed by atoms with Crippen LogP contribution in [-0.2, 0) is 4.79 Å². The Kier molecular flexibility index (Phi) is 8.05. The number of hydrogen-bond acceptors (Lipinski definition) is 11. The van der Waals surface area contributed by atoms with Gasteiger partial charge >= 0.3 is 5.97 Å². The van der Waals surface area contributed by atoms with Gasteiger partial charge in [0.15, 0.2) is 0 Å². The highest BCUT2D eigenvalue weighted by Gasteiger charge is 2.37. The van der Waals surface area contributed by atoms with E-state index >= 15 is 0 Å². The molecule has 0 aliphatic heterocycles. The molecular weight excluding hydrogens is 460 g/mol. The van der Waals surface area contributed by atoms with E-state index < -0.39 is 65.8 Å². The van der Waals surface area contributed by atoms with Gasteiger partial charge in [-0.25, -0.2) is 4.79 Å². The van der Waals surface area contributed by atoms with Crippen molar-refractivity contribution in [3.63, 3.8) is 0 Å². The van der Waals surface area contributed by atoms with Crippen molar-refractivity contribution in [3.8, 4) is 0 Å². The number of nitro benzene ring substituents is 4. The third-order valence-corrected chi connectivity index (χ3v) is 4.78. The molecule has 0 aromatic heterocycles. The molecule has 2 rings (SSSR count). The predicted octanol–water partition coefficient (Wildman–Crippen LogP) is 3.04. The third-order valence-electron chi connectivity index (χ3n) is 4.78. The zero-order valence-corrected chi connectivity index (χ0v) is 17.3. The summed E-state index contributed by atoms with van der Waals surface area (Å²) in [5, 5.41) is 55.5. The smallest absolute Gasteiger partial charge is 0.326 e. The molecule has 0 aliphatic carbocycles. The minimum Gasteiger partial charge on any atom is -0.480 e. The lowest BCUT2D eigenvalue weighted by molar-refractivity contribution is -0.393. The minimum absolute atomic E-state index is 0.158. The van der Waals surface area contributed by atoms with Crippen LogP contribution in [0.5, 0.6) is 0 Å². The standard InChI is InChI=1S/C18H18N6O10/c19-8-2-1-3-15(18(25)26)20(13-6-4-11(21(27)28)9-16(13)23(31)32)14-7-5-12(22(29)30)10-17(14)24(33)34/h4-7,9-10,15H,1-3,8,19H2,(H,25,26)/t15-/m0/s1. The van der Waals surface area contributed by atoms with Gasteiger partial charge < -0.3 is 15.7 Å². The Bertz CT molecular complexity index is 1080. The maximum Gasteiger partial charge on any atom is 0.326 e. The van der Waals surface area contributed by atoms with Crippen LogP contribution in [0.4, 0.5) is 34.1 Å². The number of hydrogen-bond donors (Lipinski definition) is 2. The van der Waals surface area contributed by atoms with Crippen LogP contribution in [0.15, 0.2) is 36.4 Å². The Morgan fingerprint density at radius 2 is 1.26 bits per heavy atom. The molecule has 34 heavy (non-hydrogen) atoms. The zero-order chi connectivity index (χ0) is 25.6. The molecule has 180 valence electrons. The number of carboxylic acid groups (broad SMARTS) is 1. The van der Waals surface area contributed by atoms with Crippen molar-refractivity contribution in [1.82, 2.24) is 0 Å². The van der Waals surface area contributed by atoms with Crippen molar-refractivity contribution >= 4 is 40.1 Å². The molecule has 0 amide bonds. The van der Waals surface area contributed by atoms with Gasteiger partial charge in [-0.15, -0.1) is 0 Å². The van der Waals surface area contributed by atoms with Gasteiger partial charge in [0.2, 0.25) is 0 Å². The second-order valence-corrected chi connectivity index (χ2v) is 6.88. The van der Waals surface area contributed by atoms with Crippen LogP contribution >= 0.6 is 0 Å². The van der Waals surface area contributed by atoms with Crippen molar-refractivity contribution in [2.24, 2.45) is 5.73 Å². The molecule has 16 nitrogen and oxygen atoms in total. The average molecular weight is 478 g/mol. The van der Waals surface area contributed by atoms with E-state index in [0.29, 0.717) is 18.6 Å². The number of carbonyl (C=O) groups is 1. The van der Waals surface area contributed by atoms with Crippen molar-refractivity contribution in [2.75, 3.05) is 11.4 Å². The molecule has 0 saturated heterocycles. The van der Waals surface area contributed by atoms with Gasteiger partial charge in [-0.05, 0) is 37.9 Å². The number of benzene rings is 2. The number of aliphatic carboxylic acids is 1. The molecule has 16 heteroatoms. The molecule has 0 fully saturated rings. The Morgan fingerprint density at radius 3 is 1.59 bits per heavy atom. The lowest BCUT2D eigenvalue weighted by Crippen LogP contribution is -2.39. The van der Waals surface area contributed by atoms with Crippen LogP contribution < -0.4 is 10.6 Å². The quantitative estimate of drug-likeness (QED) is 0.254. The summed E-state index contributed by atoms with van der Waals surface area (Å²) in [4.78, 5) is 54.8. The maximum absolute atomic E-state index is 12.2. The van der Waals surface area contributed by atoms with Crippen LogP contribution in [0.1, 0.15) is 19.3 Å². The number of anilines is 2. The van der Waals surface area contributed by atoms with Gasteiger partial charge in [0.1, 0.15) is 17.4 Å². The van der Waals surface area contributed by atoms with E-state index in [-0.39, 0.29) is 19.4 Å². The summed E-state index contributed by atoms with van der Waals surface area (Å²) in [7, 11) is 0. The van der Waals surface area contributed by atoms with Crippen LogP contribution in [0.25, 0.3) is 0 Å². The second kappa shape index (κ2) is 10.7. The molecule has 0 aliphatic rings. The highest BCUT2D eigenvalue weighted by Crippen LogP contribution is 2.43. The molecular formula is C18H18N6O10. The summed E-state index contributed by atoms with van der Waals surface area (Å²) in [5.74, 6) is -1.50. The topological polar surface area (TPSA) is 239 Å². The van der Waals surface area contributed by atoms with E-state index in [0.717, 1.165) is 29.2 Å². The molecule has 0 radical (unpaired) electrons. The lowest BCUT2D eigenvalue weighted by atomic mass is 10.0. The van der Waals surface area contributed by atoms with Crippen molar-refractivity contribution in [3.05, 3.63) is 76.9 Å². The predicted molar refractivity (Wildman–Crippen MR) is 116 cm³/mol. The first-order valence-corrected chi connectivity index (χ1v) is 9.57. The fourth-order valence-electron chi connectivity index (χ4n) is 3.26. The number of rotatable bonds is 12. The maximum atomic E-state index is 12.2. The fourth-order valence-corrected chi connectivity index (χ4v) is 3.26. The Labute approximate surface area is 189 Å². The molecule has 1 atom stereocenters. The van der Waals surface area contributed by atoms with E-state index in [1.54, 1.807) is 0 Å². The molecule has 3 N–H and O–H groups in total. The second-order valence-electron chi connectivity index (χ2n) is 6.88. The van der Waals surface area contributed by atoms with Crippen LogP contribution in [-0.4, -0.2) is 43.4 Å². The van der Waals surface area contributed by atoms with Gasteiger partial charge in [-0.2, -0.15) is 0 Å². The van der Waals surface area contributed by atoms with Crippen molar-refractivity contribution in [1.29, 1.82) is 0 Å². The molecule has 2 aromatic rings. The summed E-state index contributed by atoms with van der Waals surface area (Å²) in [6.07, 6.45) is 0.447. The normalized spacial score (nSPS) is 11.4. The van der Waals surface area contributed by atoms with Crippen LogP contribution in [0.2, 0.25) is 0 Å². The van der Waals surface area contributed by atoms with Crippen molar-refractivity contribution < 1.29 is 29.6 Å². The van der Waals surface area contributed by atoms with Gasteiger partial charge in [0.25, 0.3) is 22.7 Å². The fraction of sp³-hybridized carbons (Fsp3) is 0.278. The number of nitrogens with zero attached hydrogens (tertiary/aromatic N) is 5. The number of nitrogens with two attached hydrogens (primary N) is 1. The highest BCUT2D eigenvalue weighted by molar-refractivity contribution is 5.88. The average Bonchev–Trinajstić information content (AvgIpc) is 2.77. The van der Waals surface area contributed by atoms with E-state index in [4.69, 9.17) is 5.73 Å². The van der Waals surface area contributed by atoms with E-state index in [1.807, 2.05) is 0 Å². The van der Waals surface area contributed by atoms with Crippen molar-refractivity contribution in [2.45, 2.75) is 25.3 Å². The number of non-ortho nitro benzene ring substituents is 2. The largest absolute Gasteiger partial charge is 0.480 e. The van der Waals surface area contributed by atoms with E-state index in [2.05, 4.69) is 0 Å². The number of nitro groups is 4. The van der Waals surface area contributed by atoms with E-state index in [1.165, 1.54) is 0 Å². The summed E-state index contributed by atoms with van der Waals surface area (Å²) in [5.41, 5.74) is 1.39. The summed E-state index contributed by atoms with van der Waals surface area (Å²) < 4.78 is 0. The number of unbranched alkanes of at least 4 members (excludes halogenated alkanes) is 1. The highest BCUT2D eigenvalue weighted by atomic mass is 16.6. The summed E-state index contributed by atoms with van der Waals surface area (Å²) in [6.45, 7) is 0.210. The molecule has 0 heterocycles.